The normalized spacial score (nSPS) is 21.0. The molecule has 1 amide bonds. The Hall–Kier alpha value is -2.99. The maximum Gasteiger partial charge on any atom is 0.260 e. The highest BCUT2D eigenvalue weighted by atomic mass is 32.2. The molecule has 3 aliphatic rings. The van der Waals surface area contributed by atoms with Gasteiger partial charge < -0.3 is 19.2 Å². The molecule has 3 aliphatic heterocycles. The van der Waals surface area contributed by atoms with Gasteiger partial charge in [0.15, 0.2) is 4.90 Å². The van der Waals surface area contributed by atoms with Crippen LogP contribution < -0.4 is 10.2 Å². The average Bonchev–Trinajstić information content (AvgIpc) is 3.48. The number of hydrogen-bond acceptors (Lipinski definition) is 8. The first-order valence-electron chi connectivity index (χ1n) is 14.5. The molecule has 11 heteroatoms. The van der Waals surface area contributed by atoms with Gasteiger partial charge >= 0.3 is 0 Å². The van der Waals surface area contributed by atoms with E-state index in [2.05, 4.69) is 33.4 Å². The van der Waals surface area contributed by atoms with E-state index in [4.69, 9.17) is 9.72 Å². The van der Waals surface area contributed by atoms with Crippen molar-refractivity contribution >= 4 is 28.7 Å². The number of benzene rings is 1. The summed E-state index contributed by atoms with van der Waals surface area (Å²) in [6.07, 6.45) is 6.52. The minimum Gasteiger partial charge on any atom is -0.612 e. The van der Waals surface area contributed by atoms with Crippen molar-refractivity contribution in [2.75, 3.05) is 49.3 Å². The number of aromatic nitrogens is 4. The standard InChI is InChI=1S/C30H39N7O3S/c1-5-31-26-11-22(30(17-40-18-30)13-28-34-32-19-35(28)3)12-27(33-26)37-16-24-23(29(37)38)9-21(10-25(24)41(4)39)15-36-8-6-7-20(2)14-36/h9-12,19-20H,5-8,13-18H2,1-4H3,(H,31,33)/t20-,41?/m0/s1. The van der Waals surface area contributed by atoms with E-state index in [0.717, 1.165) is 47.0 Å². The molecule has 10 nitrogen and oxygen atoms in total. The van der Waals surface area contributed by atoms with Crippen molar-refractivity contribution in [3.05, 3.63) is 58.7 Å². The van der Waals surface area contributed by atoms with E-state index in [1.807, 2.05) is 36.7 Å². The third kappa shape index (κ3) is 5.48. The molecule has 5 heterocycles. The Morgan fingerprint density at radius 1 is 1.24 bits per heavy atom. The average molecular weight is 578 g/mol. The van der Waals surface area contributed by atoms with Crippen LogP contribution in [0.5, 0.6) is 0 Å². The smallest absolute Gasteiger partial charge is 0.260 e. The zero-order chi connectivity index (χ0) is 28.7. The summed E-state index contributed by atoms with van der Waals surface area (Å²) in [5.74, 6) is 2.75. The van der Waals surface area contributed by atoms with Crippen LogP contribution in [0.2, 0.25) is 0 Å². The molecule has 1 N–H and O–H groups in total. The number of nitrogens with zero attached hydrogens (tertiary/aromatic N) is 6. The Labute approximate surface area is 244 Å². The van der Waals surface area contributed by atoms with Crippen LogP contribution >= 0.6 is 0 Å². The van der Waals surface area contributed by atoms with Crippen LogP contribution in [-0.2, 0) is 47.9 Å². The quantitative estimate of drug-likeness (QED) is 0.386. The number of aryl methyl sites for hydroxylation is 1. The SMILES string of the molecule is CCNc1cc(C2(Cc3nncn3C)COC2)cc(N2Cc3c(cc(CN4CCC[C@H](C)C4)cc3[S+](C)[O-])C2=O)n1. The molecule has 6 rings (SSSR count). The molecule has 0 radical (unpaired) electrons. The molecule has 218 valence electrons. The summed E-state index contributed by atoms with van der Waals surface area (Å²) in [6.45, 7) is 9.34. The maximum atomic E-state index is 14.0. The molecule has 2 aromatic heterocycles. The Morgan fingerprint density at radius 3 is 2.73 bits per heavy atom. The summed E-state index contributed by atoms with van der Waals surface area (Å²) in [6, 6.07) is 8.13. The zero-order valence-corrected chi connectivity index (χ0v) is 25.2. The molecule has 0 aliphatic carbocycles. The van der Waals surface area contributed by atoms with Crippen LogP contribution in [0.4, 0.5) is 11.6 Å². The molecule has 0 spiro atoms. The van der Waals surface area contributed by atoms with E-state index in [1.54, 1.807) is 17.5 Å². The second-order valence-corrected chi connectivity index (χ2v) is 13.2. The first kappa shape index (κ1) is 28.1. The molecule has 41 heavy (non-hydrogen) atoms. The molecule has 2 saturated heterocycles. The van der Waals surface area contributed by atoms with Crippen molar-refractivity contribution in [2.45, 2.75) is 56.5 Å². The van der Waals surface area contributed by atoms with Gasteiger partial charge in [-0.1, -0.05) is 6.92 Å². The van der Waals surface area contributed by atoms with Gasteiger partial charge in [0.1, 0.15) is 30.0 Å². The van der Waals surface area contributed by atoms with Gasteiger partial charge in [-0.05, 0) is 78.8 Å². The van der Waals surface area contributed by atoms with Gasteiger partial charge in [0.25, 0.3) is 5.91 Å². The Bertz CT molecular complexity index is 1440. The first-order valence-corrected chi connectivity index (χ1v) is 16.0. The fraction of sp³-hybridized carbons (Fsp3) is 0.533. The van der Waals surface area contributed by atoms with Crippen molar-refractivity contribution in [2.24, 2.45) is 13.0 Å². The van der Waals surface area contributed by atoms with E-state index in [1.165, 1.54) is 12.8 Å². The zero-order valence-electron chi connectivity index (χ0n) is 24.4. The van der Waals surface area contributed by atoms with Crippen molar-refractivity contribution in [3.63, 3.8) is 0 Å². The van der Waals surface area contributed by atoms with Crippen LogP contribution in [0.25, 0.3) is 0 Å². The van der Waals surface area contributed by atoms with Crippen LogP contribution in [-0.4, -0.2) is 74.2 Å². The summed E-state index contributed by atoms with van der Waals surface area (Å²) < 4.78 is 20.6. The van der Waals surface area contributed by atoms with Crippen molar-refractivity contribution < 1.29 is 14.1 Å². The minimum absolute atomic E-state index is 0.0973. The Morgan fingerprint density at radius 2 is 2.07 bits per heavy atom. The molecular weight excluding hydrogens is 538 g/mol. The van der Waals surface area contributed by atoms with Crippen LogP contribution in [0, 0.1) is 5.92 Å². The van der Waals surface area contributed by atoms with Crippen molar-refractivity contribution in [3.8, 4) is 0 Å². The molecule has 1 aromatic carbocycles. The van der Waals surface area contributed by atoms with Gasteiger partial charge in [0.05, 0.1) is 25.3 Å². The molecule has 2 fully saturated rings. The molecule has 3 aromatic rings. The molecular formula is C30H39N7O3S. The number of anilines is 2. The summed E-state index contributed by atoms with van der Waals surface area (Å²) >= 11 is -1.22. The van der Waals surface area contributed by atoms with Gasteiger partial charge in [0, 0.05) is 44.1 Å². The number of fused-ring (bicyclic) bond motifs is 1. The lowest BCUT2D eigenvalue weighted by atomic mass is 9.75. The van der Waals surface area contributed by atoms with Crippen molar-refractivity contribution in [1.82, 2.24) is 24.6 Å². The predicted molar refractivity (Wildman–Crippen MR) is 159 cm³/mol. The number of ether oxygens (including phenoxy) is 1. The second kappa shape index (κ2) is 11.4. The topological polar surface area (TPSA) is 111 Å². The predicted octanol–water partition coefficient (Wildman–Crippen LogP) is 3.28. The third-order valence-electron chi connectivity index (χ3n) is 8.63. The Kier molecular flexibility index (Phi) is 7.80. The number of carbonyl (C=O) groups excluding carboxylic acids is 1. The number of pyridine rings is 1. The first-order chi connectivity index (χ1) is 19.8. The fourth-order valence-corrected chi connectivity index (χ4v) is 7.21. The number of likely N-dealkylation sites (tertiary alicyclic amines) is 1. The minimum atomic E-state index is -1.22. The van der Waals surface area contributed by atoms with E-state index in [0.29, 0.717) is 55.8 Å². The van der Waals surface area contributed by atoms with Gasteiger partial charge in [-0.2, -0.15) is 0 Å². The number of amides is 1. The lowest BCUT2D eigenvalue weighted by Crippen LogP contribution is -2.49. The van der Waals surface area contributed by atoms with Crippen LogP contribution in [0.15, 0.2) is 35.5 Å². The van der Waals surface area contributed by atoms with Gasteiger partial charge in [-0.15, -0.1) is 10.2 Å². The molecule has 0 saturated carbocycles. The highest BCUT2D eigenvalue weighted by molar-refractivity contribution is 7.90. The lowest BCUT2D eigenvalue weighted by molar-refractivity contribution is -0.0611. The highest BCUT2D eigenvalue weighted by Gasteiger charge is 2.43. The third-order valence-corrected chi connectivity index (χ3v) is 9.62. The lowest BCUT2D eigenvalue weighted by Gasteiger charge is -2.42. The summed E-state index contributed by atoms with van der Waals surface area (Å²) in [4.78, 5) is 23.8. The van der Waals surface area contributed by atoms with Gasteiger partial charge in [-0.25, -0.2) is 4.98 Å². The van der Waals surface area contributed by atoms with Crippen molar-refractivity contribution in [1.29, 1.82) is 0 Å². The second-order valence-electron chi connectivity index (χ2n) is 11.9. The molecule has 0 bridgehead atoms. The number of carbonyl (C=O) groups is 1. The monoisotopic (exact) mass is 577 g/mol. The van der Waals surface area contributed by atoms with E-state index < -0.39 is 11.2 Å². The number of rotatable bonds is 9. The Balaban J connectivity index is 1.34. The highest BCUT2D eigenvalue weighted by Crippen LogP contribution is 2.40. The summed E-state index contributed by atoms with van der Waals surface area (Å²) in [5, 5.41) is 11.7. The molecule has 2 atom stereocenters. The number of piperidine rings is 1. The fourth-order valence-electron chi connectivity index (χ4n) is 6.37. The maximum absolute atomic E-state index is 14.0. The molecule has 1 unspecified atom stereocenters. The largest absolute Gasteiger partial charge is 0.612 e. The van der Waals surface area contributed by atoms with Crippen LogP contribution in [0.1, 0.15) is 59.6 Å². The van der Waals surface area contributed by atoms with E-state index >= 15 is 0 Å². The van der Waals surface area contributed by atoms with E-state index in [-0.39, 0.29) is 11.3 Å². The van der Waals surface area contributed by atoms with Gasteiger partial charge in [0.2, 0.25) is 0 Å². The van der Waals surface area contributed by atoms with E-state index in [9.17, 15) is 9.35 Å². The van der Waals surface area contributed by atoms with Crippen LogP contribution in [0.3, 0.4) is 0 Å². The number of hydrogen-bond donors (Lipinski definition) is 1. The number of nitrogens with one attached hydrogen (secondary N) is 1. The summed E-state index contributed by atoms with van der Waals surface area (Å²) in [7, 11) is 1.94. The summed E-state index contributed by atoms with van der Waals surface area (Å²) in [5.41, 5.74) is 3.28. The van der Waals surface area contributed by atoms with Gasteiger partial charge in [-0.3, -0.25) is 14.6 Å².